The molecule has 4 heteroatoms. The standard InChI is InChI=1S/C14H15NO2S/c1-15(8-7-11-5-3-2-4-6-11)12-9-13(14(16)17)18-10-12/h2-6,9-10H,7-8H2,1H3,(H,16,17). The SMILES string of the molecule is CN(CCc1ccccc1)c1csc(C(=O)O)c1. The molecule has 0 saturated heterocycles. The van der Waals surface area contributed by atoms with E-state index in [1.54, 1.807) is 6.07 Å². The van der Waals surface area contributed by atoms with Gasteiger partial charge in [0.25, 0.3) is 0 Å². The minimum Gasteiger partial charge on any atom is -0.477 e. The minimum absolute atomic E-state index is 0.386. The monoisotopic (exact) mass is 261 g/mol. The number of thiophene rings is 1. The van der Waals surface area contributed by atoms with Gasteiger partial charge in [-0.3, -0.25) is 0 Å². The van der Waals surface area contributed by atoms with Gasteiger partial charge >= 0.3 is 5.97 Å². The average molecular weight is 261 g/mol. The summed E-state index contributed by atoms with van der Waals surface area (Å²) in [7, 11) is 1.98. The lowest BCUT2D eigenvalue weighted by Gasteiger charge is -2.17. The largest absolute Gasteiger partial charge is 0.477 e. The molecule has 0 amide bonds. The predicted molar refractivity (Wildman–Crippen MR) is 74.7 cm³/mol. The Morgan fingerprint density at radius 3 is 2.67 bits per heavy atom. The first-order valence-electron chi connectivity index (χ1n) is 5.73. The van der Waals surface area contributed by atoms with E-state index in [4.69, 9.17) is 5.11 Å². The zero-order valence-corrected chi connectivity index (χ0v) is 11.0. The first kappa shape index (κ1) is 12.6. The van der Waals surface area contributed by atoms with Crippen LogP contribution in [0, 0.1) is 0 Å². The third-order valence-corrected chi connectivity index (χ3v) is 3.72. The van der Waals surface area contributed by atoms with E-state index in [0.717, 1.165) is 18.7 Å². The molecule has 0 radical (unpaired) electrons. The molecular formula is C14H15NO2S. The molecule has 0 spiro atoms. The molecule has 94 valence electrons. The van der Waals surface area contributed by atoms with Gasteiger partial charge in [-0.2, -0.15) is 0 Å². The molecule has 0 fully saturated rings. The van der Waals surface area contributed by atoms with Crippen LogP contribution in [0.5, 0.6) is 0 Å². The van der Waals surface area contributed by atoms with Gasteiger partial charge in [0.15, 0.2) is 0 Å². The number of carbonyl (C=O) groups is 1. The summed E-state index contributed by atoms with van der Waals surface area (Å²) in [6.45, 7) is 0.875. The zero-order chi connectivity index (χ0) is 13.0. The fourth-order valence-corrected chi connectivity index (χ4v) is 2.49. The van der Waals surface area contributed by atoms with Gasteiger partial charge in [0.2, 0.25) is 0 Å². The Bertz CT molecular complexity index is 522. The van der Waals surface area contributed by atoms with Crippen molar-refractivity contribution in [2.75, 3.05) is 18.5 Å². The van der Waals surface area contributed by atoms with E-state index in [-0.39, 0.29) is 0 Å². The molecule has 1 aromatic carbocycles. The number of benzene rings is 1. The molecule has 2 aromatic rings. The van der Waals surface area contributed by atoms with Crippen molar-refractivity contribution in [2.45, 2.75) is 6.42 Å². The van der Waals surface area contributed by atoms with Gasteiger partial charge in [-0.05, 0) is 18.1 Å². The van der Waals surface area contributed by atoms with Crippen LogP contribution < -0.4 is 4.90 Å². The molecule has 0 aliphatic rings. The summed E-state index contributed by atoms with van der Waals surface area (Å²) < 4.78 is 0. The maximum absolute atomic E-state index is 10.8. The van der Waals surface area contributed by atoms with Crippen molar-refractivity contribution in [3.05, 3.63) is 52.2 Å². The number of hydrogen-bond donors (Lipinski definition) is 1. The van der Waals surface area contributed by atoms with Gasteiger partial charge in [0.05, 0.1) is 0 Å². The molecule has 1 aromatic heterocycles. The van der Waals surface area contributed by atoms with Crippen LogP contribution in [0.25, 0.3) is 0 Å². The van der Waals surface area contributed by atoms with Gasteiger partial charge in [-0.25, -0.2) is 4.79 Å². The second-order valence-corrected chi connectivity index (χ2v) is 5.04. The van der Waals surface area contributed by atoms with Crippen LogP contribution in [0.4, 0.5) is 5.69 Å². The molecule has 0 aliphatic carbocycles. The van der Waals surface area contributed by atoms with Crippen molar-refractivity contribution in [1.82, 2.24) is 0 Å². The van der Waals surface area contributed by atoms with Crippen molar-refractivity contribution in [3.8, 4) is 0 Å². The Kier molecular flexibility index (Phi) is 3.99. The predicted octanol–water partition coefficient (Wildman–Crippen LogP) is 3.13. The third-order valence-electron chi connectivity index (χ3n) is 2.82. The normalized spacial score (nSPS) is 10.3. The molecule has 3 nitrogen and oxygen atoms in total. The molecule has 1 N–H and O–H groups in total. The summed E-state index contributed by atoms with van der Waals surface area (Å²) in [5.41, 5.74) is 2.26. The molecule has 1 heterocycles. The number of hydrogen-bond acceptors (Lipinski definition) is 3. The van der Waals surface area contributed by atoms with Crippen LogP contribution in [0.15, 0.2) is 41.8 Å². The van der Waals surface area contributed by atoms with Gasteiger partial charge in [0, 0.05) is 24.7 Å². The lowest BCUT2D eigenvalue weighted by atomic mass is 10.1. The van der Waals surface area contributed by atoms with Gasteiger partial charge in [0.1, 0.15) is 4.88 Å². The highest BCUT2D eigenvalue weighted by atomic mass is 32.1. The number of nitrogens with zero attached hydrogens (tertiary/aromatic N) is 1. The van der Waals surface area contributed by atoms with Gasteiger partial charge in [-0.1, -0.05) is 30.3 Å². The first-order chi connectivity index (χ1) is 8.66. The van der Waals surface area contributed by atoms with Crippen LogP contribution in [-0.2, 0) is 6.42 Å². The van der Waals surface area contributed by atoms with E-state index >= 15 is 0 Å². The van der Waals surface area contributed by atoms with E-state index < -0.39 is 5.97 Å². The summed E-state index contributed by atoms with van der Waals surface area (Å²) in [6, 6.07) is 12.0. The van der Waals surface area contributed by atoms with E-state index in [0.29, 0.717) is 4.88 Å². The second kappa shape index (κ2) is 5.69. The van der Waals surface area contributed by atoms with Gasteiger partial charge < -0.3 is 10.0 Å². The van der Waals surface area contributed by atoms with E-state index in [1.807, 2.05) is 30.6 Å². The number of aromatic carboxylic acids is 1. The highest BCUT2D eigenvalue weighted by Crippen LogP contribution is 2.22. The number of carboxylic acid groups (broad SMARTS) is 1. The average Bonchev–Trinajstić information content (AvgIpc) is 2.87. The number of likely N-dealkylation sites (N-methyl/N-ethyl adjacent to an activating group) is 1. The van der Waals surface area contributed by atoms with Crippen LogP contribution in [0.2, 0.25) is 0 Å². The molecule has 0 atom stereocenters. The lowest BCUT2D eigenvalue weighted by molar-refractivity contribution is 0.0702. The molecule has 18 heavy (non-hydrogen) atoms. The quantitative estimate of drug-likeness (QED) is 0.899. The van der Waals surface area contributed by atoms with Crippen molar-refractivity contribution in [1.29, 1.82) is 0 Å². The summed E-state index contributed by atoms with van der Waals surface area (Å²) >= 11 is 1.27. The summed E-state index contributed by atoms with van der Waals surface area (Å²) in [4.78, 5) is 13.3. The topological polar surface area (TPSA) is 40.5 Å². The number of rotatable bonds is 5. The highest BCUT2D eigenvalue weighted by Gasteiger charge is 2.09. The fraction of sp³-hybridized carbons (Fsp3) is 0.214. The van der Waals surface area contributed by atoms with Crippen molar-refractivity contribution >= 4 is 23.0 Å². The minimum atomic E-state index is -0.859. The lowest BCUT2D eigenvalue weighted by Crippen LogP contribution is -2.19. The molecule has 0 bridgehead atoms. The van der Waals surface area contributed by atoms with Crippen LogP contribution in [0.1, 0.15) is 15.2 Å². The first-order valence-corrected chi connectivity index (χ1v) is 6.61. The molecule has 0 saturated carbocycles. The van der Waals surface area contributed by atoms with E-state index in [2.05, 4.69) is 17.0 Å². The van der Waals surface area contributed by atoms with Crippen LogP contribution in [-0.4, -0.2) is 24.7 Å². The Morgan fingerprint density at radius 2 is 2.06 bits per heavy atom. The smallest absolute Gasteiger partial charge is 0.345 e. The Hall–Kier alpha value is -1.81. The van der Waals surface area contributed by atoms with Crippen molar-refractivity contribution < 1.29 is 9.90 Å². The molecular weight excluding hydrogens is 246 g/mol. The maximum atomic E-state index is 10.8. The molecule has 2 rings (SSSR count). The zero-order valence-electron chi connectivity index (χ0n) is 10.2. The van der Waals surface area contributed by atoms with E-state index in [9.17, 15) is 4.79 Å². The fourth-order valence-electron chi connectivity index (χ4n) is 1.71. The molecule has 0 unspecified atom stereocenters. The highest BCUT2D eigenvalue weighted by molar-refractivity contribution is 7.12. The number of carboxylic acids is 1. The van der Waals surface area contributed by atoms with Crippen molar-refractivity contribution in [2.24, 2.45) is 0 Å². The summed E-state index contributed by atoms with van der Waals surface area (Å²) in [5, 5.41) is 10.8. The Morgan fingerprint density at radius 1 is 1.33 bits per heavy atom. The maximum Gasteiger partial charge on any atom is 0.345 e. The van der Waals surface area contributed by atoms with Gasteiger partial charge in [-0.15, -0.1) is 11.3 Å². The van der Waals surface area contributed by atoms with E-state index in [1.165, 1.54) is 16.9 Å². The second-order valence-electron chi connectivity index (χ2n) is 4.13. The summed E-state index contributed by atoms with van der Waals surface area (Å²) in [6.07, 6.45) is 0.954. The van der Waals surface area contributed by atoms with Crippen LogP contribution >= 0.6 is 11.3 Å². The van der Waals surface area contributed by atoms with Crippen molar-refractivity contribution in [3.63, 3.8) is 0 Å². The Labute approximate surface area is 110 Å². The third kappa shape index (κ3) is 3.11. The number of anilines is 1. The summed E-state index contributed by atoms with van der Waals surface area (Å²) in [5.74, 6) is -0.859. The van der Waals surface area contributed by atoms with Crippen LogP contribution in [0.3, 0.4) is 0 Å². The Balaban J connectivity index is 1.95. The molecule has 0 aliphatic heterocycles.